The van der Waals surface area contributed by atoms with Gasteiger partial charge in [0.2, 0.25) is 5.91 Å². The summed E-state index contributed by atoms with van der Waals surface area (Å²) in [5.41, 5.74) is 5.88. The molecule has 1 N–H and O–H groups in total. The van der Waals surface area contributed by atoms with Crippen LogP contribution in [0.5, 0.6) is 0 Å². The van der Waals surface area contributed by atoms with Gasteiger partial charge in [0.1, 0.15) is 0 Å². The SMILES string of the molecule is Cc1cc(C)c(NC(=O)C2CCN(Cc3cccc4ccccc34)CC2)c(C)c1. The first-order valence-electron chi connectivity index (χ1n) is 10.6. The standard InChI is InChI=1S/C26H30N2O/c1-18-15-19(2)25(20(3)16-18)27-26(29)22-11-13-28(14-12-22)17-23-9-6-8-21-7-4-5-10-24(21)23/h4-10,15-16,22H,11-14,17H2,1-3H3,(H,27,29). The maximum atomic E-state index is 12.9. The average molecular weight is 387 g/mol. The fraction of sp³-hybridized carbons (Fsp3) is 0.346. The maximum Gasteiger partial charge on any atom is 0.227 e. The van der Waals surface area contributed by atoms with E-state index in [1.807, 2.05) is 0 Å². The van der Waals surface area contributed by atoms with Crippen LogP contribution in [-0.4, -0.2) is 23.9 Å². The molecule has 1 saturated heterocycles. The van der Waals surface area contributed by atoms with Gasteiger partial charge in [-0.25, -0.2) is 0 Å². The van der Waals surface area contributed by atoms with E-state index in [1.54, 1.807) is 0 Å². The Balaban J connectivity index is 1.37. The van der Waals surface area contributed by atoms with Gasteiger partial charge in [0.05, 0.1) is 0 Å². The number of anilines is 1. The van der Waals surface area contributed by atoms with Crippen LogP contribution in [0.2, 0.25) is 0 Å². The fourth-order valence-electron chi connectivity index (χ4n) is 4.63. The Hall–Kier alpha value is -2.65. The van der Waals surface area contributed by atoms with Crippen molar-refractivity contribution in [3.8, 4) is 0 Å². The summed E-state index contributed by atoms with van der Waals surface area (Å²) in [4.78, 5) is 15.3. The second kappa shape index (κ2) is 8.38. The van der Waals surface area contributed by atoms with Gasteiger partial charge >= 0.3 is 0 Å². The summed E-state index contributed by atoms with van der Waals surface area (Å²) in [6.07, 6.45) is 1.83. The van der Waals surface area contributed by atoms with E-state index in [0.29, 0.717) is 0 Å². The van der Waals surface area contributed by atoms with Gasteiger partial charge in [0.25, 0.3) is 0 Å². The van der Waals surface area contributed by atoms with Crippen LogP contribution in [-0.2, 0) is 11.3 Å². The van der Waals surface area contributed by atoms with Gasteiger partial charge in [-0.2, -0.15) is 0 Å². The van der Waals surface area contributed by atoms with Crippen molar-refractivity contribution in [1.29, 1.82) is 0 Å². The molecule has 0 aromatic heterocycles. The number of hydrogen-bond donors (Lipinski definition) is 1. The molecule has 1 fully saturated rings. The van der Waals surface area contributed by atoms with Crippen LogP contribution in [0.15, 0.2) is 54.6 Å². The second-order valence-corrected chi connectivity index (χ2v) is 8.45. The zero-order valence-electron chi connectivity index (χ0n) is 17.7. The monoisotopic (exact) mass is 386 g/mol. The molecule has 1 heterocycles. The minimum atomic E-state index is 0.0962. The van der Waals surface area contributed by atoms with Gasteiger partial charge in [-0.15, -0.1) is 0 Å². The zero-order chi connectivity index (χ0) is 20.4. The van der Waals surface area contributed by atoms with Crippen molar-refractivity contribution in [2.24, 2.45) is 5.92 Å². The van der Waals surface area contributed by atoms with Crippen molar-refractivity contribution in [2.75, 3.05) is 18.4 Å². The number of carbonyl (C=O) groups excluding carboxylic acids is 1. The number of piperidine rings is 1. The lowest BCUT2D eigenvalue weighted by atomic mass is 9.94. The molecule has 3 aromatic carbocycles. The number of aryl methyl sites for hydroxylation is 3. The summed E-state index contributed by atoms with van der Waals surface area (Å²) in [6, 6.07) is 19.4. The Labute approximate surface area is 173 Å². The number of likely N-dealkylation sites (tertiary alicyclic amines) is 1. The molecular formula is C26H30N2O. The molecule has 0 unspecified atom stereocenters. The van der Waals surface area contributed by atoms with Crippen molar-refractivity contribution < 1.29 is 4.79 Å². The summed E-state index contributed by atoms with van der Waals surface area (Å²) in [7, 11) is 0. The first kappa shape index (κ1) is 19.7. The van der Waals surface area contributed by atoms with Gasteiger partial charge in [-0.05, 0) is 74.2 Å². The summed E-state index contributed by atoms with van der Waals surface area (Å²) in [6.45, 7) is 9.12. The first-order chi connectivity index (χ1) is 14.0. The Morgan fingerprint density at radius 1 is 0.966 bits per heavy atom. The molecule has 0 saturated carbocycles. The summed E-state index contributed by atoms with van der Waals surface area (Å²) < 4.78 is 0. The minimum Gasteiger partial charge on any atom is -0.325 e. The highest BCUT2D eigenvalue weighted by Crippen LogP contribution is 2.26. The average Bonchev–Trinajstić information content (AvgIpc) is 2.71. The van der Waals surface area contributed by atoms with Crippen LogP contribution in [0.4, 0.5) is 5.69 Å². The van der Waals surface area contributed by atoms with Crippen molar-refractivity contribution in [1.82, 2.24) is 4.90 Å². The number of fused-ring (bicyclic) bond motifs is 1. The van der Waals surface area contributed by atoms with E-state index in [0.717, 1.165) is 49.3 Å². The van der Waals surface area contributed by atoms with Crippen LogP contribution in [0, 0.1) is 26.7 Å². The predicted molar refractivity (Wildman–Crippen MR) is 121 cm³/mol. The van der Waals surface area contributed by atoms with Crippen LogP contribution < -0.4 is 5.32 Å². The molecule has 0 spiro atoms. The lowest BCUT2D eigenvalue weighted by Gasteiger charge is -2.31. The third-order valence-corrected chi connectivity index (χ3v) is 6.16. The molecule has 4 rings (SSSR count). The molecular weight excluding hydrogens is 356 g/mol. The Morgan fingerprint density at radius 3 is 2.34 bits per heavy atom. The van der Waals surface area contributed by atoms with E-state index >= 15 is 0 Å². The number of carbonyl (C=O) groups is 1. The number of rotatable bonds is 4. The lowest BCUT2D eigenvalue weighted by molar-refractivity contribution is -0.121. The molecule has 29 heavy (non-hydrogen) atoms. The minimum absolute atomic E-state index is 0.0962. The predicted octanol–water partition coefficient (Wildman–Crippen LogP) is 5.62. The van der Waals surface area contributed by atoms with Gasteiger partial charge in [0, 0.05) is 18.2 Å². The number of nitrogens with zero attached hydrogens (tertiary/aromatic N) is 1. The molecule has 150 valence electrons. The smallest absolute Gasteiger partial charge is 0.227 e. The Kier molecular flexibility index (Phi) is 5.68. The quantitative estimate of drug-likeness (QED) is 0.631. The molecule has 0 atom stereocenters. The van der Waals surface area contributed by atoms with Crippen molar-refractivity contribution in [2.45, 2.75) is 40.2 Å². The van der Waals surface area contributed by atoms with Gasteiger partial charge in [-0.3, -0.25) is 9.69 Å². The molecule has 1 aliphatic heterocycles. The Bertz CT molecular complexity index is 1000. The van der Waals surface area contributed by atoms with E-state index in [4.69, 9.17) is 0 Å². The van der Waals surface area contributed by atoms with Crippen LogP contribution >= 0.6 is 0 Å². The third kappa shape index (κ3) is 4.35. The van der Waals surface area contributed by atoms with Crippen LogP contribution in [0.1, 0.15) is 35.1 Å². The van der Waals surface area contributed by atoms with E-state index in [-0.39, 0.29) is 11.8 Å². The molecule has 1 aliphatic rings. The zero-order valence-corrected chi connectivity index (χ0v) is 17.7. The van der Waals surface area contributed by atoms with Gasteiger partial charge < -0.3 is 5.32 Å². The summed E-state index contributed by atoms with van der Waals surface area (Å²) in [5, 5.41) is 5.83. The van der Waals surface area contributed by atoms with Crippen molar-refractivity contribution >= 4 is 22.4 Å². The number of benzene rings is 3. The van der Waals surface area contributed by atoms with Gasteiger partial charge in [0.15, 0.2) is 0 Å². The van der Waals surface area contributed by atoms with E-state index in [9.17, 15) is 4.79 Å². The van der Waals surface area contributed by atoms with Gasteiger partial charge in [-0.1, -0.05) is 60.2 Å². The summed E-state index contributed by atoms with van der Waals surface area (Å²) >= 11 is 0. The molecule has 0 aliphatic carbocycles. The normalized spacial score (nSPS) is 15.6. The van der Waals surface area contributed by atoms with E-state index in [2.05, 4.69) is 85.6 Å². The molecule has 3 heteroatoms. The van der Waals surface area contributed by atoms with E-state index in [1.165, 1.54) is 21.9 Å². The van der Waals surface area contributed by atoms with E-state index < -0.39 is 0 Å². The summed E-state index contributed by atoms with van der Waals surface area (Å²) in [5.74, 6) is 0.267. The molecule has 0 bridgehead atoms. The maximum absolute atomic E-state index is 12.9. The largest absolute Gasteiger partial charge is 0.325 e. The highest BCUT2D eigenvalue weighted by molar-refractivity contribution is 5.94. The van der Waals surface area contributed by atoms with Crippen LogP contribution in [0.25, 0.3) is 10.8 Å². The number of nitrogens with one attached hydrogen (secondary N) is 1. The number of amides is 1. The van der Waals surface area contributed by atoms with Crippen molar-refractivity contribution in [3.05, 3.63) is 76.9 Å². The third-order valence-electron chi connectivity index (χ3n) is 6.16. The number of hydrogen-bond acceptors (Lipinski definition) is 2. The first-order valence-corrected chi connectivity index (χ1v) is 10.6. The fourth-order valence-corrected chi connectivity index (χ4v) is 4.63. The lowest BCUT2D eigenvalue weighted by Crippen LogP contribution is -2.38. The highest BCUT2D eigenvalue weighted by Gasteiger charge is 2.26. The second-order valence-electron chi connectivity index (χ2n) is 8.45. The van der Waals surface area contributed by atoms with Crippen LogP contribution in [0.3, 0.4) is 0 Å². The Morgan fingerprint density at radius 2 is 1.62 bits per heavy atom. The highest BCUT2D eigenvalue weighted by atomic mass is 16.1. The molecule has 3 nitrogen and oxygen atoms in total. The topological polar surface area (TPSA) is 32.3 Å². The molecule has 0 radical (unpaired) electrons. The van der Waals surface area contributed by atoms with Crippen molar-refractivity contribution in [3.63, 3.8) is 0 Å². The molecule has 1 amide bonds. The molecule has 3 aromatic rings.